The monoisotopic (exact) mass is 299 g/mol. The molecule has 2 aromatic rings. The van der Waals surface area contributed by atoms with E-state index >= 15 is 0 Å². The minimum Gasteiger partial charge on any atom is -0.383 e. The predicted molar refractivity (Wildman–Crippen MR) is 84.0 cm³/mol. The number of hydrogen-bond acceptors (Lipinski definition) is 3. The lowest BCUT2D eigenvalue weighted by molar-refractivity contribution is -0.117. The van der Waals surface area contributed by atoms with Crippen LogP contribution < -0.4 is 4.90 Å². The van der Waals surface area contributed by atoms with Crippen molar-refractivity contribution >= 4 is 22.9 Å². The minimum atomic E-state index is -0.577. The van der Waals surface area contributed by atoms with Crippen LogP contribution in [-0.2, 0) is 24.1 Å². The summed E-state index contributed by atoms with van der Waals surface area (Å²) in [6.07, 6.45) is 3.39. The summed E-state index contributed by atoms with van der Waals surface area (Å²) in [5.41, 5.74) is 4.27. The van der Waals surface area contributed by atoms with Crippen molar-refractivity contribution in [3.8, 4) is 0 Å². The lowest BCUT2D eigenvalue weighted by atomic mass is 10.0. The molecule has 1 aromatic heterocycles. The lowest BCUT2D eigenvalue weighted by Crippen LogP contribution is -2.20. The SMILES string of the molecule is CN1C(=O)Cc2cc(C(O)c3cc4c(s3)CCC4)ccc21. The third-order valence-corrected chi connectivity index (χ3v) is 5.82. The maximum Gasteiger partial charge on any atom is 0.231 e. The number of thiophene rings is 1. The summed E-state index contributed by atoms with van der Waals surface area (Å²) in [4.78, 5) is 15.9. The highest BCUT2D eigenvalue weighted by Crippen LogP contribution is 2.37. The summed E-state index contributed by atoms with van der Waals surface area (Å²) in [6, 6.07) is 8.01. The molecule has 2 heterocycles. The Morgan fingerprint density at radius 3 is 2.90 bits per heavy atom. The van der Waals surface area contributed by atoms with Gasteiger partial charge in [0.05, 0.1) is 6.42 Å². The van der Waals surface area contributed by atoms with Crippen molar-refractivity contribution in [2.24, 2.45) is 0 Å². The first kappa shape index (κ1) is 13.0. The molecule has 4 heteroatoms. The zero-order chi connectivity index (χ0) is 14.6. The Bertz CT molecular complexity index is 713. The summed E-state index contributed by atoms with van der Waals surface area (Å²) in [5.74, 6) is 0.117. The van der Waals surface area contributed by atoms with Crippen LogP contribution in [0, 0.1) is 0 Å². The largest absolute Gasteiger partial charge is 0.383 e. The molecule has 1 aromatic carbocycles. The Labute approximate surface area is 127 Å². The highest BCUT2D eigenvalue weighted by Gasteiger charge is 2.26. The number of aliphatic hydroxyl groups excluding tert-OH is 1. The number of nitrogens with zero attached hydrogens (tertiary/aromatic N) is 1. The standard InChI is InChI=1S/C17H17NO2S/c1-18-13-6-5-11(7-12(13)9-16(18)19)17(20)15-8-10-3-2-4-14(10)21-15/h5-8,17,20H,2-4,9H2,1H3. The van der Waals surface area contributed by atoms with Crippen LogP contribution in [0.5, 0.6) is 0 Å². The maximum absolute atomic E-state index is 11.7. The Morgan fingerprint density at radius 2 is 2.10 bits per heavy atom. The number of amides is 1. The Hall–Kier alpha value is -1.65. The number of carbonyl (C=O) groups excluding carboxylic acids is 1. The fourth-order valence-electron chi connectivity index (χ4n) is 3.31. The van der Waals surface area contributed by atoms with Gasteiger partial charge in [-0.1, -0.05) is 12.1 Å². The van der Waals surface area contributed by atoms with Gasteiger partial charge in [0, 0.05) is 22.5 Å². The van der Waals surface area contributed by atoms with Gasteiger partial charge < -0.3 is 10.0 Å². The number of aryl methyl sites for hydroxylation is 2. The molecule has 1 amide bonds. The van der Waals surface area contributed by atoms with Crippen LogP contribution in [0.4, 0.5) is 5.69 Å². The average Bonchev–Trinajstić information content (AvgIpc) is 3.12. The molecule has 2 aliphatic rings. The molecule has 108 valence electrons. The maximum atomic E-state index is 11.7. The topological polar surface area (TPSA) is 40.5 Å². The van der Waals surface area contributed by atoms with Crippen LogP contribution in [0.15, 0.2) is 24.3 Å². The first-order chi connectivity index (χ1) is 10.1. The van der Waals surface area contributed by atoms with Crippen LogP contribution in [-0.4, -0.2) is 18.1 Å². The number of rotatable bonds is 2. The van der Waals surface area contributed by atoms with E-state index in [0.717, 1.165) is 34.5 Å². The van der Waals surface area contributed by atoms with Crippen LogP contribution in [0.2, 0.25) is 0 Å². The zero-order valence-electron chi connectivity index (χ0n) is 11.9. The highest BCUT2D eigenvalue weighted by atomic mass is 32.1. The molecule has 1 N–H and O–H groups in total. The van der Waals surface area contributed by atoms with E-state index in [0.29, 0.717) is 6.42 Å². The molecule has 0 fully saturated rings. The van der Waals surface area contributed by atoms with Gasteiger partial charge in [0.1, 0.15) is 6.10 Å². The average molecular weight is 299 g/mol. The predicted octanol–water partition coefficient (Wildman–Crippen LogP) is 2.84. The third kappa shape index (κ3) is 2.01. The Morgan fingerprint density at radius 1 is 1.24 bits per heavy atom. The van der Waals surface area contributed by atoms with Crippen LogP contribution in [0.25, 0.3) is 0 Å². The van der Waals surface area contributed by atoms with Crippen molar-refractivity contribution < 1.29 is 9.90 Å². The first-order valence-electron chi connectivity index (χ1n) is 7.32. The highest BCUT2D eigenvalue weighted by molar-refractivity contribution is 7.12. The van der Waals surface area contributed by atoms with E-state index in [4.69, 9.17) is 0 Å². The van der Waals surface area contributed by atoms with Crippen molar-refractivity contribution in [2.45, 2.75) is 31.8 Å². The van der Waals surface area contributed by atoms with Crippen molar-refractivity contribution in [3.63, 3.8) is 0 Å². The zero-order valence-corrected chi connectivity index (χ0v) is 12.7. The summed E-state index contributed by atoms with van der Waals surface area (Å²) in [6.45, 7) is 0. The molecule has 0 saturated carbocycles. The summed E-state index contributed by atoms with van der Waals surface area (Å²) >= 11 is 1.73. The number of anilines is 1. The summed E-state index contributed by atoms with van der Waals surface area (Å²) < 4.78 is 0. The van der Waals surface area contributed by atoms with E-state index in [9.17, 15) is 9.90 Å². The van der Waals surface area contributed by atoms with Gasteiger partial charge in [-0.3, -0.25) is 4.79 Å². The second-order valence-corrected chi connectivity index (χ2v) is 7.04. The smallest absolute Gasteiger partial charge is 0.231 e. The Kier molecular flexibility index (Phi) is 2.91. The summed E-state index contributed by atoms with van der Waals surface area (Å²) in [5, 5.41) is 10.6. The van der Waals surface area contributed by atoms with Crippen LogP contribution in [0.1, 0.15) is 39.0 Å². The third-order valence-electron chi connectivity index (χ3n) is 4.53. The quantitative estimate of drug-likeness (QED) is 0.926. The molecule has 1 atom stereocenters. The molecular formula is C17H17NO2S. The van der Waals surface area contributed by atoms with Gasteiger partial charge in [0.25, 0.3) is 0 Å². The van der Waals surface area contributed by atoms with Gasteiger partial charge in [0.2, 0.25) is 5.91 Å². The van der Waals surface area contributed by atoms with Crippen molar-refractivity contribution in [2.75, 3.05) is 11.9 Å². The van der Waals surface area contributed by atoms with Gasteiger partial charge in [-0.05, 0) is 48.1 Å². The Balaban J connectivity index is 1.67. The normalized spacial score (nSPS) is 18.0. The fourth-order valence-corrected chi connectivity index (χ4v) is 4.58. The number of benzene rings is 1. The van der Waals surface area contributed by atoms with Gasteiger partial charge in [-0.15, -0.1) is 11.3 Å². The second-order valence-electron chi connectivity index (χ2n) is 5.87. The lowest BCUT2D eigenvalue weighted by Gasteiger charge is -2.13. The van der Waals surface area contributed by atoms with E-state index < -0.39 is 6.10 Å². The molecule has 0 radical (unpaired) electrons. The number of hydrogen-bond donors (Lipinski definition) is 1. The van der Waals surface area contributed by atoms with E-state index in [1.54, 1.807) is 23.3 Å². The fraction of sp³-hybridized carbons (Fsp3) is 0.353. The van der Waals surface area contributed by atoms with E-state index in [2.05, 4.69) is 6.07 Å². The number of likely N-dealkylation sites (N-methyl/N-ethyl adjacent to an activating group) is 1. The molecule has 3 nitrogen and oxygen atoms in total. The van der Waals surface area contributed by atoms with Gasteiger partial charge in [-0.25, -0.2) is 0 Å². The molecule has 0 bridgehead atoms. The van der Waals surface area contributed by atoms with Crippen molar-refractivity contribution in [1.82, 2.24) is 0 Å². The minimum absolute atomic E-state index is 0.117. The van der Waals surface area contributed by atoms with E-state index in [1.807, 2.05) is 18.2 Å². The van der Waals surface area contributed by atoms with Crippen molar-refractivity contribution in [3.05, 3.63) is 50.7 Å². The molecule has 1 unspecified atom stereocenters. The molecule has 1 aliphatic carbocycles. The van der Waals surface area contributed by atoms with Crippen LogP contribution >= 0.6 is 11.3 Å². The van der Waals surface area contributed by atoms with Crippen LogP contribution in [0.3, 0.4) is 0 Å². The molecule has 0 spiro atoms. The van der Waals surface area contributed by atoms with Gasteiger partial charge >= 0.3 is 0 Å². The molecule has 4 rings (SSSR count). The molecule has 0 saturated heterocycles. The molecule has 1 aliphatic heterocycles. The van der Waals surface area contributed by atoms with Crippen molar-refractivity contribution in [1.29, 1.82) is 0 Å². The first-order valence-corrected chi connectivity index (χ1v) is 8.14. The molecule has 21 heavy (non-hydrogen) atoms. The van der Waals surface area contributed by atoms with E-state index in [-0.39, 0.29) is 5.91 Å². The second kappa shape index (κ2) is 4.68. The number of carbonyl (C=O) groups is 1. The summed E-state index contributed by atoms with van der Waals surface area (Å²) in [7, 11) is 1.80. The molecular weight excluding hydrogens is 282 g/mol. The number of aliphatic hydroxyl groups is 1. The number of fused-ring (bicyclic) bond motifs is 2. The van der Waals surface area contributed by atoms with E-state index in [1.165, 1.54) is 16.9 Å². The van der Waals surface area contributed by atoms with Gasteiger partial charge in [-0.2, -0.15) is 0 Å². The van der Waals surface area contributed by atoms with Gasteiger partial charge in [0.15, 0.2) is 0 Å².